The summed E-state index contributed by atoms with van der Waals surface area (Å²) in [5.74, 6) is -3.22. The number of thioether (sulfide) groups is 2. The second-order valence-electron chi connectivity index (χ2n) is 9.56. The van der Waals surface area contributed by atoms with Crippen LogP contribution in [0.5, 0.6) is 0 Å². The second-order valence-corrected chi connectivity index (χ2v) is 12.5. The van der Waals surface area contributed by atoms with Gasteiger partial charge in [-0.25, -0.2) is 14.6 Å². The van der Waals surface area contributed by atoms with Crippen molar-refractivity contribution in [3.05, 3.63) is 58.7 Å². The number of carbonyl (C=O) groups excluding carboxylic acids is 2. The van der Waals surface area contributed by atoms with Crippen molar-refractivity contribution in [3.8, 4) is 5.69 Å². The average molecular weight is 673 g/mol. The number of nitrogens with zero attached hydrogens (tertiary/aromatic N) is 5. The van der Waals surface area contributed by atoms with Crippen molar-refractivity contribution in [2.24, 2.45) is 5.16 Å². The van der Waals surface area contributed by atoms with Crippen LogP contribution >= 0.6 is 34.9 Å². The number of carboxylic acids is 2. The average Bonchev–Trinajstić information content (AvgIpc) is 3.43. The van der Waals surface area contributed by atoms with E-state index in [1.807, 2.05) is 30.3 Å². The normalized spacial score (nSPS) is 18.6. The summed E-state index contributed by atoms with van der Waals surface area (Å²) >= 11 is 3.50. The number of nitrogen functional groups attached to an aromatic ring is 3. The van der Waals surface area contributed by atoms with E-state index in [1.165, 1.54) is 41.9 Å². The van der Waals surface area contributed by atoms with Crippen LogP contribution in [0.3, 0.4) is 0 Å². The van der Waals surface area contributed by atoms with Crippen molar-refractivity contribution < 1.29 is 38.8 Å². The van der Waals surface area contributed by atoms with Gasteiger partial charge in [0.05, 0.1) is 6.07 Å². The number of carbonyl (C=O) groups is 4. The molecule has 0 radical (unpaired) electrons. The Balaban J connectivity index is 1.35. The van der Waals surface area contributed by atoms with E-state index in [0.717, 1.165) is 21.9 Å². The van der Waals surface area contributed by atoms with Crippen molar-refractivity contribution in [2.45, 2.75) is 29.6 Å². The van der Waals surface area contributed by atoms with Gasteiger partial charge in [-0.15, -0.1) is 23.1 Å². The Labute approximate surface area is 267 Å². The zero-order chi connectivity index (χ0) is 32.4. The number of aliphatic carboxylic acids is 2. The number of carboxylic acid groups (broad SMARTS) is 2. The van der Waals surface area contributed by atoms with Crippen LogP contribution in [0.1, 0.15) is 12.6 Å². The minimum absolute atomic E-state index is 0.0153. The lowest BCUT2D eigenvalue weighted by molar-refractivity contribution is -0.626. The molecule has 5 rings (SSSR count). The Hall–Kier alpha value is -4.88. The minimum atomic E-state index is -1.38. The molecule has 16 nitrogen and oxygen atoms in total. The number of amides is 2. The highest BCUT2D eigenvalue weighted by molar-refractivity contribution is 8.01. The third-order valence-corrected chi connectivity index (χ3v) is 9.56. The van der Waals surface area contributed by atoms with E-state index in [-0.39, 0.29) is 33.8 Å². The van der Waals surface area contributed by atoms with E-state index in [9.17, 15) is 24.3 Å². The van der Waals surface area contributed by atoms with Gasteiger partial charge in [0, 0.05) is 16.9 Å². The number of nitrogens with one attached hydrogen (secondary N) is 1. The first-order valence-electron chi connectivity index (χ1n) is 13.0. The zero-order valence-electron chi connectivity index (χ0n) is 23.3. The third-order valence-electron chi connectivity index (χ3n) is 6.53. The summed E-state index contributed by atoms with van der Waals surface area (Å²) in [5.41, 5.74) is 18.5. The molecule has 2 aliphatic heterocycles. The third kappa shape index (κ3) is 6.49. The van der Waals surface area contributed by atoms with Crippen LogP contribution < -0.4 is 27.1 Å². The van der Waals surface area contributed by atoms with Crippen LogP contribution in [-0.2, 0) is 24.0 Å². The molecule has 2 aliphatic rings. The molecule has 2 aromatic heterocycles. The van der Waals surface area contributed by atoms with E-state index < -0.39 is 47.0 Å². The largest absolute Gasteiger partial charge is 0.478 e. The number of hydrogen-bond donors (Lipinski definition) is 6. The lowest BCUT2D eigenvalue weighted by Crippen LogP contribution is -2.71. The molecule has 0 aliphatic carbocycles. The summed E-state index contributed by atoms with van der Waals surface area (Å²) in [5, 5.41) is 26.7. The van der Waals surface area contributed by atoms with E-state index in [1.54, 1.807) is 4.57 Å². The number of para-hydroxylation sites is 1. The molecule has 4 heterocycles. The van der Waals surface area contributed by atoms with Crippen molar-refractivity contribution in [2.75, 3.05) is 28.7 Å². The molecule has 9 N–H and O–H groups in total. The van der Waals surface area contributed by atoms with Crippen LogP contribution in [-0.4, -0.2) is 83.6 Å². The fourth-order valence-electron chi connectivity index (χ4n) is 4.39. The number of fused-ring (bicyclic) bond motifs is 1. The van der Waals surface area contributed by atoms with E-state index in [4.69, 9.17) is 27.1 Å². The topological polar surface area (TPSA) is 253 Å². The van der Waals surface area contributed by atoms with Crippen LogP contribution in [0.15, 0.2) is 63.4 Å². The number of nitrogens with two attached hydrogens (primary N) is 3. The Kier molecular flexibility index (Phi) is 9.11. The number of hydrogen-bond acceptors (Lipinski definition) is 14. The number of oxime groups is 1. The van der Waals surface area contributed by atoms with Crippen LogP contribution in [0.25, 0.3) is 5.69 Å². The molecule has 0 bridgehead atoms. The first-order chi connectivity index (χ1) is 21.5. The highest BCUT2D eigenvalue weighted by atomic mass is 32.2. The van der Waals surface area contributed by atoms with Gasteiger partial charge in [-0.2, -0.15) is 4.57 Å². The van der Waals surface area contributed by atoms with Gasteiger partial charge in [0.25, 0.3) is 11.8 Å². The van der Waals surface area contributed by atoms with Crippen molar-refractivity contribution >= 4 is 81.1 Å². The lowest BCUT2D eigenvalue weighted by atomic mass is 10.0. The molecule has 1 aromatic carbocycles. The number of aromatic nitrogens is 3. The summed E-state index contributed by atoms with van der Waals surface area (Å²) in [4.78, 5) is 64.5. The lowest BCUT2D eigenvalue weighted by Gasteiger charge is -2.49. The van der Waals surface area contributed by atoms with E-state index in [0.29, 0.717) is 16.5 Å². The maximum absolute atomic E-state index is 13.3. The summed E-state index contributed by atoms with van der Waals surface area (Å²) in [7, 11) is 0. The molecule has 0 saturated carbocycles. The number of benzene rings is 1. The number of thiazole rings is 1. The number of rotatable bonds is 11. The van der Waals surface area contributed by atoms with Crippen LogP contribution in [0, 0.1) is 0 Å². The maximum Gasteiger partial charge on any atom is 0.352 e. The smallest absolute Gasteiger partial charge is 0.352 e. The van der Waals surface area contributed by atoms with E-state index in [2.05, 4.69) is 20.4 Å². The van der Waals surface area contributed by atoms with Gasteiger partial charge in [0.1, 0.15) is 28.5 Å². The van der Waals surface area contributed by atoms with E-state index >= 15 is 0 Å². The van der Waals surface area contributed by atoms with Gasteiger partial charge in [-0.3, -0.25) is 14.5 Å². The fourth-order valence-corrected chi connectivity index (χ4v) is 7.46. The van der Waals surface area contributed by atoms with Crippen LogP contribution in [0.4, 0.5) is 16.8 Å². The van der Waals surface area contributed by atoms with Crippen LogP contribution in [0.2, 0.25) is 0 Å². The molecule has 3 unspecified atom stereocenters. The summed E-state index contributed by atoms with van der Waals surface area (Å²) in [6.45, 7) is 1.22. The number of anilines is 3. The molecule has 1 fully saturated rings. The monoisotopic (exact) mass is 672 g/mol. The molecule has 234 valence electrons. The van der Waals surface area contributed by atoms with Gasteiger partial charge >= 0.3 is 17.1 Å². The SMILES string of the molecule is CC(O/N=C(\C(=O)NC1C(=O)N2C(C(=O)O)=C(CSc3nc(N)cc(N)[n+]3-c3ccccc3)CSC12)c1csc(N)n1)C(=O)O. The summed E-state index contributed by atoms with van der Waals surface area (Å²) < 4.78 is 1.69. The molecular weight excluding hydrogens is 647 g/mol. The summed E-state index contributed by atoms with van der Waals surface area (Å²) in [6, 6.07) is 9.63. The Bertz CT molecular complexity index is 1750. The predicted octanol–water partition coefficient (Wildman–Crippen LogP) is 0.286. The molecule has 1 saturated heterocycles. The Morgan fingerprint density at radius 1 is 1.22 bits per heavy atom. The molecule has 3 atom stereocenters. The van der Waals surface area contributed by atoms with Crippen molar-refractivity contribution in [1.82, 2.24) is 20.2 Å². The summed E-state index contributed by atoms with van der Waals surface area (Å²) in [6.07, 6.45) is -1.38. The van der Waals surface area contributed by atoms with Crippen molar-refractivity contribution in [3.63, 3.8) is 0 Å². The van der Waals surface area contributed by atoms with Gasteiger partial charge in [-0.05, 0) is 36.4 Å². The highest BCUT2D eigenvalue weighted by Crippen LogP contribution is 2.41. The number of β-lactam (4-membered cyclic amide) rings is 1. The molecule has 3 aromatic rings. The van der Waals surface area contributed by atoms with Gasteiger partial charge in [0.15, 0.2) is 10.8 Å². The zero-order valence-corrected chi connectivity index (χ0v) is 25.8. The van der Waals surface area contributed by atoms with Gasteiger partial charge < -0.3 is 37.6 Å². The minimum Gasteiger partial charge on any atom is -0.478 e. The Morgan fingerprint density at radius 2 is 1.96 bits per heavy atom. The molecule has 19 heteroatoms. The molecular formula is C26H26N9O7S3+. The predicted molar refractivity (Wildman–Crippen MR) is 166 cm³/mol. The first kappa shape index (κ1) is 31.5. The highest BCUT2D eigenvalue weighted by Gasteiger charge is 2.54. The van der Waals surface area contributed by atoms with Gasteiger partial charge in [-0.1, -0.05) is 28.3 Å². The molecule has 0 spiro atoms. The Morgan fingerprint density at radius 3 is 2.60 bits per heavy atom. The van der Waals surface area contributed by atoms with Gasteiger partial charge in [0.2, 0.25) is 17.7 Å². The molecule has 45 heavy (non-hydrogen) atoms. The first-order valence-corrected chi connectivity index (χ1v) is 15.9. The molecule has 2 amide bonds. The fraction of sp³-hybridized carbons (Fsp3) is 0.231. The quantitative estimate of drug-likeness (QED) is 0.0400. The second kappa shape index (κ2) is 13.0. The van der Waals surface area contributed by atoms with Crippen molar-refractivity contribution in [1.29, 1.82) is 0 Å². The maximum atomic E-state index is 13.3. The standard InChI is InChI=1S/C26H25N9O7S3/c1-11(23(38)39)42-33-17(14-10-44-25(29)30-14)20(36)32-18-21(37)35-19(24(40)41)12(8-43-22(18)35)9-45-26-31-15(27)7-16(28)34(26)13-5-3-2-4-6-13/h2-7,10-11,18,22H,8-9H2,1H3,(H8,27,28,29,30,32,36,38,39,40,41)/p+1/b33-17-.